The Bertz CT molecular complexity index is 885. The van der Waals surface area contributed by atoms with Crippen molar-refractivity contribution >= 4 is 38.7 Å². The number of aryl methyl sites for hydroxylation is 1. The molecule has 0 radical (unpaired) electrons. The highest BCUT2D eigenvalue weighted by Gasteiger charge is 2.21. The van der Waals surface area contributed by atoms with Gasteiger partial charge in [0.05, 0.1) is 4.90 Å². The van der Waals surface area contributed by atoms with Gasteiger partial charge in [0.15, 0.2) is 5.11 Å². The summed E-state index contributed by atoms with van der Waals surface area (Å²) in [6.07, 6.45) is 3.45. The van der Waals surface area contributed by atoms with E-state index in [2.05, 4.69) is 34.4 Å². The van der Waals surface area contributed by atoms with Gasteiger partial charge in [-0.25, -0.2) is 13.1 Å². The lowest BCUT2D eigenvalue weighted by Crippen LogP contribution is -2.40. The van der Waals surface area contributed by atoms with Crippen molar-refractivity contribution in [2.45, 2.75) is 57.4 Å². The van der Waals surface area contributed by atoms with Crippen molar-refractivity contribution < 1.29 is 8.42 Å². The van der Waals surface area contributed by atoms with Crippen molar-refractivity contribution in [2.24, 2.45) is 0 Å². The minimum atomic E-state index is -3.55. The normalized spacial score (nSPS) is 11.9. The molecule has 0 aromatic heterocycles. The summed E-state index contributed by atoms with van der Waals surface area (Å²) in [6.45, 7) is 7.60. The Morgan fingerprint density at radius 1 is 0.929 bits per heavy atom. The highest BCUT2D eigenvalue weighted by Crippen LogP contribution is 2.17. The minimum absolute atomic E-state index is 0.217. The third-order valence-corrected chi connectivity index (χ3v) is 5.87. The third kappa shape index (κ3) is 7.22. The summed E-state index contributed by atoms with van der Waals surface area (Å²) in [5, 5.41) is 6.66. The van der Waals surface area contributed by atoms with E-state index in [1.54, 1.807) is 45.0 Å². The van der Waals surface area contributed by atoms with Gasteiger partial charge in [-0.3, -0.25) is 0 Å². The fourth-order valence-corrected chi connectivity index (χ4v) is 4.26. The molecule has 0 atom stereocenters. The number of hydrogen-bond donors (Lipinski definition) is 3. The SMILES string of the molecule is CCCCc1ccc(NC(=S)Nc2ccc(S(=O)(=O)NC(C)(C)C)cc2)cc1. The Labute approximate surface area is 174 Å². The molecular weight excluding hydrogens is 390 g/mol. The maximum Gasteiger partial charge on any atom is 0.241 e. The van der Waals surface area contributed by atoms with Gasteiger partial charge in [-0.1, -0.05) is 25.5 Å². The van der Waals surface area contributed by atoms with Gasteiger partial charge < -0.3 is 10.6 Å². The van der Waals surface area contributed by atoms with Crippen LogP contribution < -0.4 is 15.4 Å². The van der Waals surface area contributed by atoms with Crippen molar-refractivity contribution in [3.63, 3.8) is 0 Å². The lowest BCUT2D eigenvalue weighted by molar-refractivity contribution is 0.491. The summed E-state index contributed by atoms with van der Waals surface area (Å²) in [5.74, 6) is 0. The quantitative estimate of drug-likeness (QED) is 0.556. The first-order valence-corrected chi connectivity index (χ1v) is 11.3. The first kappa shape index (κ1) is 22.3. The second-order valence-electron chi connectivity index (χ2n) is 7.76. The highest BCUT2D eigenvalue weighted by molar-refractivity contribution is 7.89. The first-order valence-electron chi connectivity index (χ1n) is 9.40. The number of nitrogens with one attached hydrogen (secondary N) is 3. The third-order valence-electron chi connectivity index (χ3n) is 3.89. The smallest absolute Gasteiger partial charge is 0.241 e. The summed E-state index contributed by atoms with van der Waals surface area (Å²) in [6, 6.07) is 14.7. The first-order chi connectivity index (χ1) is 13.1. The molecule has 152 valence electrons. The summed E-state index contributed by atoms with van der Waals surface area (Å²) in [7, 11) is -3.55. The average Bonchev–Trinajstić information content (AvgIpc) is 2.59. The van der Waals surface area contributed by atoms with Gasteiger partial charge in [0.2, 0.25) is 10.0 Å². The standard InChI is InChI=1S/C21H29N3O2S2/c1-5-6-7-16-8-10-17(11-9-16)22-20(27)23-18-12-14-19(15-13-18)28(25,26)24-21(2,3)4/h8-15,24H,5-7H2,1-4H3,(H2,22,23,27). The van der Waals surface area contributed by atoms with Crippen LogP contribution >= 0.6 is 12.2 Å². The van der Waals surface area contributed by atoms with E-state index in [9.17, 15) is 8.42 Å². The molecule has 7 heteroatoms. The molecule has 2 aromatic rings. The van der Waals surface area contributed by atoms with Crippen LogP contribution in [0.1, 0.15) is 46.1 Å². The van der Waals surface area contributed by atoms with E-state index in [0.717, 1.165) is 12.1 Å². The van der Waals surface area contributed by atoms with Crippen LogP contribution in [-0.2, 0) is 16.4 Å². The monoisotopic (exact) mass is 419 g/mol. The number of anilines is 2. The van der Waals surface area contributed by atoms with Gasteiger partial charge >= 0.3 is 0 Å². The second-order valence-corrected chi connectivity index (χ2v) is 9.85. The molecule has 0 aliphatic rings. The molecule has 28 heavy (non-hydrogen) atoms. The van der Waals surface area contributed by atoms with Gasteiger partial charge in [-0.15, -0.1) is 0 Å². The lowest BCUT2D eigenvalue weighted by Gasteiger charge is -2.20. The van der Waals surface area contributed by atoms with Crippen molar-refractivity contribution in [3.8, 4) is 0 Å². The summed E-state index contributed by atoms with van der Waals surface area (Å²) in [4.78, 5) is 0.217. The zero-order valence-corrected chi connectivity index (χ0v) is 18.5. The second kappa shape index (κ2) is 9.49. The molecular formula is C21H29N3O2S2. The fraction of sp³-hybridized carbons (Fsp3) is 0.381. The Kier molecular flexibility index (Phi) is 7.57. The van der Waals surface area contributed by atoms with E-state index in [1.807, 2.05) is 12.1 Å². The van der Waals surface area contributed by atoms with Crippen LogP contribution in [0.25, 0.3) is 0 Å². The van der Waals surface area contributed by atoms with Gasteiger partial charge in [-0.2, -0.15) is 0 Å². The highest BCUT2D eigenvalue weighted by atomic mass is 32.2. The molecule has 0 amide bonds. The van der Waals surface area contributed by atoms with Gasteiger partial charge in [0.25, 0.3) is 0 Å². The molecule has 0 unspecified atom stereocenters. The van der Waals surface area contributed by atoms with Gasteiger partial charge in [-0.05, 0) is 87.8 Å². The average molecular weight is 420 g/mol. The number of sulfonamides is 1. The number of rotatable bonds is 7. The molecule has 5 nitrogen and oxygen atoms in total. The number of benzene rings is 2. The van der Waals surface area contributed by atoms with Crippen molar-refractivity contribution in [2.75, 3.05) is 10.6 Å². The fourth-order valence-electron chi connectivity index (χ4n) is 2.61. The van der Waals surface area contributed by atoms with Gasteiger partial charge in [0, 0.05) is 16.9 Å². The Morgan fingerprint density at radius 3 is 1.89 bits per heavy atom. The predicted molar refractivity (Wildman–Crippen MR) is 121 cm³/mol. The molecule has 0 bridgehead atoms. The largest absolute Gasteiger partial charge is 0.332 e. The van der Waals surface area contributed by atoms with Crippen LogP contribution in [0.3, 0.4) is 0 Å². The molecule has 2 rings (SSSR count). The van der Waals surface area contributed by atoms with E-state index in [0.29, 0.717) is 10.8 Å². The Morgan fingerprint density at radius 2 is 1.43 bits per heavy atom. The van der Waals surface area contributed by atoms with E-state index in [1.165, 1.54) is 18.4 Å². The van der Waals surface area contributed by atoms with Crippen LogP contribution in [0.15, 0.2) is 53.4 Å². The van der Waals surface area contributed by atoms with E-state index in [-0.39, 0.29) is 4.90 Å². The Balaban J connectivity index is 1.95. The molecule has 0 saturated heterocycles. The molecule has 3 N–H and O–H groups in total. The molecule has 0 heterocycles. The van der Waals surface area contributed by atoms with Crippen molar-refractivity contribution in [1.29, 1.82) is 0 Å². The minimum Gasteiger partial charge on any atom is -0.332 e. The number of unbranched alkanes of at least 4 members (excludes halogenated alkanes) is 1. The maximum absolute atomic E-state index is 12.3. The maximum atomic E-state index is 12.3. The summed E-state index contributed by atoms with van der Waals surface area (Å²) < 4.78 is 27.3. The topological polar surface area (TPSA) is 70.2 Å². The number of thiocarbonyl (C=S) groups is 1. The van der Waals surface area contributed by atoms with Gasteiger partial charge in [0.1, 0.15) is 0 Å². The van der Waals surface area contributed by atoms with Crippen LogP contribution in [0.5, 0.6) is 0 Å². The zero-order chi connectivity index (χ0) is 20.8. The van der Waals surface area contributed by atoms with Crippen LogP contribution in [0.2, 0.25) is 0 Å². The summed E-state index contributed by atoms with van der Waals surface area (Å²) >= 11 is 5.35. The lowest BCUT2D eigenvalue weighted by atomic mass is 10.1. The van der Waals surface area contributed by atoms with Crippen LogP contribution in [0, 0.1) is 0 Å². The van der Waals surface area contributed by atoms with E-state index < -0.39 is 15.6 Å². The summed E-state index contributed by atoms with van der Waals surface area (Å²) in [5.41, 5.74) is 2.40. The predicted octanol–water partition coefficient (Wildman–Crippen LogP) is 4.91. The molecule has 0 fully saturated rings. The van der Waals surface area contributed by atoms with Crippen molar-refractivity contribution in [1.82, 2.24) is 4.72 Å². The van der Waals surface area contributed by atoms with E-state index in [4.69, 9.17) is 12.2 Å². The van der Waals surface area contributed by atoms with Crippen LogP contribution in [0.4, 0.5) is 11.4 Å². The van der Waals surface area contributed by atoms with E-state index >= 15 is 0 Å². The van der Waals surface area contributed by atoms with Crippen LogP contribution in [-0.4, -0.2) is 19.1 Å². The number of hydrogen-bond acceptors (Lipinski definition) is 3. The Hall–Kier alpha value is -1.96. The molecule has 0 saturated carbocycles. The molecule has 0 aliphatic heterocycles. The molecule has 2 aromatic carbocycles. The van der Waals surface area contributed by atoms with Crippen molar-refractivity contribution in [3.05, 3.63) is 54.1 Å². The molecule has 0 spiro atoms. The zero-order valence-electron chi connectivity index (χ0n) is 16.9. The molecule has 0 aliphatic carbocycles.